The summed E-state index contributed by atoms with van der Waals surface area (Å²) in [6, 6.07) is 48.0. The van der Waals surface area contributed by atoms with E-state index in [1.54, 1.807) is 0 Å². The van der Waals surface area contributed by atoms with Crippen molar-refractivity contribution in [3.05, 3.63) is 151 Å². The maximum Gasteiger partial charge on any atom is 0.235 e. The van der Waals surface area contributed by atoms with Crippen molar-refractivity contribution in [2.24, 2.45) is 0 Å². The van der Waals surface area contributed by atoms with Crippen LogP contribution in [0.2, 0.25) is 0 Å². The van der Waals surface area contributed by atoms with E-state index in [4.69, 9.17) is 9.97 Å². The Labute approximate surface area is 256 Å². The van der Waals surface area contributed by atoms with E-state index in [9.17, 15) is 0 Å². The Morgan fingerprint density at radius 1 is 0.545 bits per heavy atom. The van der Waals surface area contributed by atoms with E-state index in [0.29, 0.717) is 5.95 Å². The monoisotopic (exact) mass is 563 g/mol. The van der Waals surface area contributed by atoms with Gasteiger partial charge in [-0.3, -0.25) is 4.57 Å². The average molecular weight is 564 g/mol. The summed E-state index contributed by atoms with van der Waals surface area (Å²) in [6.45, 7) is 4.66. The third-order valence-corrected chi connectivity index (χ3v) is 9.48. The third kappa shape index (κ3) is 3.56. The SMILES string of the molecule is CC1(C)c2ccccc2-c2ccc(-c3cccc(-c4ccnc(-n5c6ccccc6c6ccc7ccccc7c65)n4)c3)cc21. The summed E-state index contributed by atoms with van der Waals surface area (Å²) in [6.07, 6.45) is 1.88. The Hall–Kier alpha value is -5.54. The second-order valence-corrected chi connectivity index (χ2v) is 12.3. The van der Waals surface area contributed by atoms with Crippen LogP contribution in [0.3, 0.4) is 0 Å². The van der Waals surface area contributed by atoms with Gasteiger partial charge in [-0.05, 0) is 63.0 Å². The standard InChI is InChI=1S/C41H29N3/c1-41(2)35-16-7-5-14-31(35)32-20-19-28(25-36(32)41)27-11-9-12-29(24-27)37-22-23-42-40(43-37)44-38-17-8-6-15-33(38)34-21-18-26-10-3-4-13-30(26)39(34)44/h3-25H,1-2H3. The fraction of sp³-hybridized carbons (Fsp3) is 0.0732. The molecule has 0 bridgehead atoms. The number of benzene rings is 6. The van der Waals surface area contributed by atoms with Crippen LogP contribution < -0.4 is 0 Å². The lowest BCUT2D eigenvalue weighted by Gasteiger charge is -2.22. The van der Waals surface area contributed by atoms with E-state index < -0.39 is 0 Å². The topological polar surface area (TPSA) is 30.7 Å². The molecule has 0 saturated heterocycles. The first-order chi connectivity index (χ1) is 21.6. The molecule has 0 aliphatic heterocycles. The van der Waals surface area contributed by atoms with Crippen molar-refractivity contribution in [3.8, 4) is 39.5 Å². The summed E-state index contributed by atoms with van der Waals surface area (Å²) in [5.74, 6) is 0.674. The molecule has 1 aliphatic carbocycles. The molecule has 9 rings (SSSR count). The van der Waals surface area contributed by atoms with E-state index in [1.165, 1.54) is 54.9 Å². The number of nitrogens with zero attached hydrogens (tertiary/aromatic N) is 3. The van der Waals surface area contributed by atoms with Crippen LogP contribution in [0.4, 0.5) is 0 Å². The number of rotatable bonds is 3. The molecule has 0 amide bonds. The van der Waals surface area contributed by atoms with Gasteiger partial charge in [0.2, 0.25) is 5.95 Å². The number of hydrogen-bond donors (Lipinski definition) is 0. The van der Waals surface area contributed by atoms with Gasteiger partial charge in [0, 0.05) is 33.3 Å². The first-order valence-electron chi connectivity index (χ1n) is 15.2. The molecule has 0 saturated carbocycles. The quantitative estimate of drug-likeness (QED) is 0.214. The molecule has 0 radical (unpaired) electrons. The predicted molar refractivity (Wildman–Crippen MR) is 182 cm³/mol. The first-order valence-corrected chi connectivity index (χ1v) is 15.2. The van der Waals surface area contributed by atoms with Gasteiger partial charge in [0.15, 0.2) is 0 Å². The Morgan fingerprint density at radius 2 is 1.30 bits per heavy atom. The van der Waals surface area contributed by atoms with Gasteiger partial charge < -0.3 is 0 Å². The van der Waals surface area contributed by atoms with Crippen molar-refractivity contribution >= 4 is 32.6 Å². The van der Waals surface area contributed by atoms with Crippen LogP contribution >= 0.6 is 0 Å². The van der Waals surface area contributed by atoms with Gasteiger partial charge in [0.05, 0.1) is 16.7 Å². The maximum absolute atomic E-state index is 5.19. The van der Waals surface area contributed by atoms with Crippen LogP contribution in [0.1, 0.15) is 25.0 Å². The van der Waals surface area contributed by atoms with Gasteiger partial charge >= 0.3 is 0 Å². The predicted octanol–water partition coefficient (Wildman–Crippen LogP) is 10.4. The lowest BCUT2D eigenvalue weighted by molar-refractivity contribution is 0.660. The van der Waals surface area contributed by atoms with Crippen molar-refractivity contribution < 1.29 is 0 Å². The lowest BCUT2D eigenvalue weighted by atomic mass is 9.81. The highest BCUT2D eigenvalue weighted by Crippen LogP contribution is 2.49. The first kappa shape index (κ1) is 25.0. The molecule has 2 heterocycles. The molecule has 6 aromatic carbocycles. The molecule has 0 N–H and O–H groups in total. The Bertz CT molecular complexity index is 2430. The summed E-state index contributed by atoms with van der Waals surface area (Å²) < 4.78 is 2.22. The maximum atomic E-state index is 5.19. The van der Waals surface area contributed by atoms with Gasteiger partial charge in [0.25, 0.3) is 0 Å². The molecule has 0 spiro atoms. The van der Waals surface area contributed by atoms with E-state index in [-0.39, 0.29) is 5.41 Å². The van der Waals surface area contributed by atoms with E-state index in [2.05, 4.69) is 146 Å². The second kappa shape index (κ2) is 9.23. The highest BCUT2D eigenvalue weighted by atomic mass is 15.2. The largest absolute Gasteiger partial charge is 0.277 e. The average Bonchev–Trinajstić information content (AvgIpc) is 3.54. The molecule has 3 heteroatoms. The summed E-state index contributed by atoms with van der Waals surface area (Å²) in [4.78, 5) is 10.0. The molecule has 2 aromatic heterocycles. The van der Waals surface area contributed by atoms with Crippen LogP contribution in [-0.4, -0.2) is 14.5 Å². The molecule has 8 aromatic rings. The molecule has 0 unspecified atom stereocenters. The van der Waals surface area contributed by atoms with Crippen molar-refractivity contribution in [2.75, 3.05) is 0 Å². The highest BCUT2D eigenvalue weighted by molar-refractivity contribution is 6.18. The smallest absolute Gasteiger partial charge is 0.235 e. The number of aromatic nitrogens is 3. The van der Waals surface area contributed by atoms with Gasteiger partial charge in [0.1, 0.15) is 0 Å². The molecule has 208 valence electrons. The van der Waals surface area contributed by atoms with Crippen LogP contribution in [0.5, 0.6) is 0 Å². The van der Waals surface area contributed by atoms with Crippen molar-refractivity contribution in [1.82, 2.24) is 14.5 Å². The molecule has 3 nitrogen and oxygen atoms in total. The van der Waals surface area contributed by atoms with Crippen molar-refractivity contribution in [1.29, 1.82) is 0 Å². The zero-order valence-corrected chi connectivity index (χ0v) is 24.6. The van der Waals surface area contributed by atoms with Gasteiger partial charge in [-0.15, -0.1) is 0 Å². The Morgan fingerprint density at radius 3 is 2.23 bits per heavy atom. The van der Waals surface area contributed by atoms with Gasteiger partial charge in [-0.1, -0.05) is 123 Å². The number of para-hydroxylation sites is 1. The summed E-state index contributed by atoms with van der Waals surface area (Å²) in [7, 11) is 0. The zero-order chi connectivity index (χ0) is 29.4. The normalized spacial score (nSPS) is 13.4. The molecule has 1 aliphatic rings. The fourth-order valence-corrected chi connectivity index (χ4v) is 7.30. The van der Waals surface area contributed by atoms with Crippen LogP contribution in [0.25, 0.3) is 72.0 Å². The summed E-state index contributed by atoms with van der Waals surface area (Å²) in [5.41, 5.74) is 12.0. The molecule has 0 fully saturated rings. The number of hydrogen-bond acceptors (Lipinski definition) is 2. The lowest BCUT2D eigenvalue weighted by Crippen LogP contribution is -2.14. The highest BCUT2D eigenvalue weighted by Gasteiger charge is 2.35. The second-order valence-electron chi connectivity index (χ2n) is 12.3. The van der Waals surface area contributed by atoms with E-state index in [1.807, 2.05) is 12.3 Å². The van der Waals surface area contributed by atoms with Crippen LogP contribution in [-0.2, 0) is 5.41 Å². The molecular formula is C41H29N3. The number of fused-ring (bicyclic) bond motifs is 8. The molecule has 44 heavy (non-hydrogen) atoms. The summed E-state index contributed by atoms with van der Waals surface area (Å²) >= 11 is 0. The molecule has 0 atom stereocenters. The Kier molecular flexibility index (Phi) is 5.24. The van der Waals surface area contributed by atoms with Crippen molar-refractivity contribution in [2.45, 2.75) is 19.3 Å². The summed E-state index contributed by atoms with van der Waals surface area (Å²) in [5, 5.41) is 4.80. The van der Waals surface area contributed by atoms with Crippen molar-refractivity contribution in [3.63, 3.8) is 0 Å². The van der Waals surface area contributed by atoms with Crippen LogP contribution in [0.15, 0.2) is 140 Å². The Balaban J connectivity index is 1.18. The molecular weight excluding hydrogens is 534 g/mol. The van der Waals surface area contributed by atoms with Gasteiger partial charge in [-0.2, -0.15) is 0 Å². The minimum atomic E-state index is -0.0341. The minimum absolute atomic E-state index is 0.0341. The van der Waals surface area contributed by atoms with E-state index >= 15 is 0 Å². The minimum Gasteiger partial charge on any atom is -0.277 e. The van der Waals surface area contributed by atoms with E-state index in [0.717, 1.165) is 22.3 Å². The third-order valence-electron chi connectivity index (χ3n) is 9.48. The van der Waals surface area contributed by atoms with Crippen LogP contribution in [0, 0.1) is 0 Å². The van der Waals surface area contributed by atoms with Gasteiger partial charge in [-0.25, -0.2) is 9.97 Å². The zero-order valence-electron chi connectivity index (χ0n) is 24.6. The fourth-order valence-electron chi connectivity index (χ4n) is 7.30.